The van der Waals surface area contributed by atoms with Gasteiger partial charge in [0.15, 0.2) is 11.5 Å². The zero-order valence-corrected chi connectivity index (χ0v) is 21.3. The third-order valence-corrected chi connectivity index (χ3v) is 8.03. The second kappa shape index (κ2) is 10.5. The molecule has 1 fully saturated rings. The Labute approximate surface area is 215 Å². The SMILES string of the molecule is COc1c(OCCCN2CCS(O)(O)CC2)ccc2c1N=C(NC(=O)c1cnc(N)nc1)N1CCN=C21. The normalized spacial score (nSPS) is 19.3. The molecule has 5 rings (SSSR count). The van der Waals surface area contributed by atoms with Gasteiger partial charge in [0.1, 0.15) is 11.5 Å². The zero-order valence-electron chi connectivity index (χ0n) is 20.5. The second-order valence-corrected chi connectivity index (χ2v) is 11.2. The number of guanidine groups is 1. The minimum absolute atomic E-state index is 0.0842. The van der Waals surface area contributed by atoms with Gasteiger partial charge in [0.25, 0.3) is 5.91 Å². The number of amidine groups is 1. The molecule has 0 atom stereocenters. The van der Waals surface area contributed by atoms with Crippen molar-refractivity contribution in [2.75, 3.05) is 63.7 Å². The lowest BCUT2D eigenvalue weighted by Gasteiger charge is -2.40. The number of rotatable bonds is 7. The average Bonchev–Trinajstić information content (AvgIpc) is 3.38. The van der Waals surface area contributed by atoms with Crippen molar-refractivity contribution in [2.24, 2.45) is 9.98 Å². The number of methoxy groups -OCH3 is 1. The average molecular weight is 531 g/mol. The van der Waals surface area contributed by atoms with E-state index in [1.807, 2.05) is 17.0 Å². The number of carbonyl (C=O) groups excluding carboxylic acids is 1. The maximum absolute atomic E-state index is 12.8. The number of fused-ring (bicyclic) bond motifs is 3. The van der Waals surface area contributed by atoms with Crippen molar-refractivity contribution in [3.63, 3.8) is 0 Å². The van der Waals surface area contributed by atoms with Crippen LogP contribution in [0.2, 0.25) is 0 Å². The molecule has 37 heavy (non-hydrogen) atoms. The van der Waals surface area contributed by atoms with E-state index in [0.29, 0.717) is 73.3 Å². The first kappa shape index (κ1) is 25.2. The van der Waals surface area contributed by atoms with Gasteiger partial charge in [0, 0.05) is 44.1 Å². The van der Waals surface area contributed by atoms with Crippen LogP contribution in [-0.4, -0.2) is 105 Å². The van der Waals surface area contributed by atoms with E-state index in [2.05, 4.69) is 25.2 Å². The minimum atomic E-state index is -2.40. The van der Waals surface area contributed by atoms with E-state index in [0.717, 1.165) is 18.5 Å². The highest BCUT2D eigenvalue weighted by atomic mass is 32.3. The van der Waals surface area contributed by atoms with E-state index >= 15 is 0 Å². The van der Waals surface area contributed by atoms with Gasteiger partial charge in [-0.2, -0.15) is 10.6 Å². The highest BCUT2D eigenvalue weighted by Gasteiger charge is 2.33. The van der Waals surface area contributed by atoms with Gasteiger partial charge in [-0.15, -0.1) is 0 Å². The number of anilines is 1. The summed E-state index contributed by atoms with van der Waals surface area (Å²) in [6.07, 6.45) is 3.49. The monoisotopic (exact) mass is 530 g/mol. The van der Waals surface area contributed by atoms with Crippen molar-refractivity contribution >= 4 is 39.9 Å². The molecule has 1 aromatic carbocycles. The van der Waals surface area contributed by atoms with Gasteiger partial charge in [0.05, 0.1) is 37.3 Å². The number of aromatic nitrogens is 2. The van der Waals surface area contributed by atoms with Crippen LogP contribution in [0.3, 0.4) is 0 Å². The number of amides is 1. The largest absolute Gasteiger partial charge is 0.491 e. The number of aliphatic imine (C=N–C) groups is 2. The van der Waals surface area contributed by atoms with Gasteiger partial charge in [-0.05, 0) is 18.6 Å². The number of nitrogens with two attached hydrogens (primary N) is 1. The maximum atomic E-state index is 12.8. The zero-order chi connectivity index (χ0) is 26.0. The molecular formula is C23H30N8O5S. The summed E-state index contributed by atoms with van der Waals surface area (Å²) in [5.74, 6) is 2.56. The van der Waals surface area contributed by atoms with Crippen LogP contribution in [0.1, 0.15) is 22.3 Å². The number of carbonyl (C=O) groups is 1. The van der Waals surface area contributed by atoms with Gasteiger partial charge in [-0.25, -0.2) is 15.0 Å². The Morgan fingerprint density at radius 3 is 2.68 bits per heavy atom. The third-order valence-electron chi connectivity index (χ3n) is 6.36. The summed E-state index contributed by atoms with van der Waals surface area (Å²) in [4.78, 5) is 34.0. The molecule has 1 amide bonds. The van der Waals surface area contributed by atoms with Crippen LogP contribution in [0.4, 0.5) is 11.6 Å². The first-order chi connectivity index (χ1) is 17.8. The standard InChI is InChI=1S/C23H30N8O5S/c1-35-19-17(36-10-2-6-30-8-11-37(33,34)12-9-30)4-3-16-18(19)28-23(31-7-5-25-20(16)31)29-21(32)15-13-26-22(24)27-14-15/h3-4,13-14,33-34H,2,5-12H2,1H3,(H2,24,26,27)(H,28,29,32). The Hall–Kier alpha value is -3.46. The molecule has 0 bridgehead atoms. The number of nitrogens with one attached hydrogen (secondary N) is 1. The molecule has 1 saturated heterocycles. The van der Waals surface area contributed by atoms with Crippen LogP contribution in [-0.2, 0) is 0 Å². The maximum Gasteiger partial charge on any atom is 0.261 e. The predicted molar refractivity (Wildman–Crippen MR) is 141 cm³/mol. The van der Waals surface area contributed by atoms with Gasteiger partial charge in [0.2, 0.25) is 11.9 Å². The molecule has 4 heterocycles. The summed E-state index contributed by atoms with van der Waals surface area (Å²) >= 11 is 0. The number of nitrogen functional groups attached to an aromatic ring is 1. The van der Waals surface area contributed by atoms with Crippen LogP contribution in [0, 0.1) is 0 Å². The molecule has 13 nitrogen and oxygen atoms in total. The summed E-state index contributed by atoms with van der Waals surface area (Å²) in [6, 6.07) is 3.74. The van der Waals surface area contributed by atoms with Crippen molar-refractivity contribution < 1.29 is 23.4 Å². The van der Waals surface area contributed by atoms with E-state index in [1.54, 1.807) is 7.11 Å². The quantitative estimate of drug-likeness (QED) is 0.384. The van der Waals surface area contributed by atoms with Crippen LogP contribution in [0.25, 0.3) is 0 Å². The number of hydrogen-bond acceptors (Lipinski definition) is 12. The Balaban J connectivity index is 1.30. The van der Waals surface area contributed by atoms with Crippen molar-refractivity contribution in [3.8, 4) is 11.5 Å². The molecule has 1 aromatic heterocycles. The highest BCUT2D eigenvalue weighted by molar-refractivity contribution is 8.24. The fraction of sp³-hybridized carbons (Fsp3) is 0.435. The summed E-state index contributed by atoms with van der Waals surface area (Å²) < 4.78 is 31.3. The number of hydrogen-bond donors (Lipinski definition) is 4. The van der Waals surface area contributed by atoms with Gasteiger partial charge in [-0.3, -0.25) is 29.1 Å². The molecule has 2 aromatic rings. The van der Waals surface area contributed by atoms with Crippen molar-refractivity contribution in [1.29, 1.82) is 0 Å². The van der Waals surface area contributed by atoms with E-state index < -0.39 is 16.5 Å². The molecule has 0 saturated carbocycles. The van der Waals surface area contributed by atoms with Gasteiger partial charge >= 0.3 is 0 Å². The molecule has 3 aliphatic heterocycles. The molecule has 0 aliphatic carbocycles. The topological polar surface area (TPSA) is 171 Å². The smallest absolute Gasteiger partial charge is 0.261 e. The third kappa shape index (κ3) is 5.46. The molecule has 3 aliphatic rings. The second-order valence-electron chi connectivity index (χ2n) is 8.82. The lowest BCUT2D eigenvalue weighted by molar-refractivity contribution is 0.0973. The molecule has 14 heteroatoms. The van der Waals surface area contributed by atoms with Crippen LogP contribution >= 0.6 is 10.6 Å². The van der Waals surface area contributed by atoms with E-state index in [4.69, 9.17) is 20.2 Å². The van der Waals surface area contributed by atoms with E-state index in [9.17, 15) is 13.9 Å². The molecule has 0 spiro atoms. The molecule has 0 radical (unpaired) electrons. The first-order valence-corrected chi connectivity index (χ1v) is 13.8. The first-order valence-electron chi connectivity index (χ1n) is 11.9. The van der Waals surface area contributed by atoms with Crippen molar-refractivity contribution in [1.82, 2.24) is 25.1 Å². The Bertz CT molecular complexity index is 1230. The molecule has 0 unspecified atom stereocenters. The molecule has 5 N–H and O–H groups in total. The number of ether oxygens (including phenoxy) is 2. The van der Waals surface area contributed by atoms with Crippen LogP contribution in [0.15, 0.2) is 34.5 Å². The van der Waals surface area contributed by atoms with Gasteiger partial charge < -0.3 is 20.1 Å². The minimum Gasteiger partial charge on any atom is -0.491 e. The lowest BCUT2D eigenvalue weighted by Crippen LogP contribution is -2.47. The predicted octanol–water partition coefficient (Wildman–Crippen LogP) is 1.40. The van der Waals surface area contributed by atoms with Crippen LogP contribution < -0.4 is 20.5 Å². The number of benzene rings is 1. The lowest BCUT2D eigenvalue weighted by atomic mass is 10.1. The summed E-state index contributed by atoms with van der Waals surface area (Å²) in [6.45, 7) is 3.76. The molecular weight excluding hydrogens is 500 g/mol. The number of nitrogens with zero attached hydrogens (tertiary/aromatic N) is 6. The Morgan fingerprint density at radius 2 is 1.95 bits per heavy atom. The van der Waals surface area contributed by atoms with E-state index in [1.165, 1.54) is 12.4 Å². The highest BCUT2D eigenvalue weighted by Crippen LogP contribution is 2.43. The fourth-order valence-corrected chi connectivity index (χ4v) is 5.69. The summed E-state index contributed by atoms with van der Waals surface area (Å²) in [5.41, 5.74) is 7.10. The Morgan fingerprint density at radius 1 is 1.19 bits per heavy atom. The summed E-state index contributed by atoms with van der Waals surface area (Å²) in [5, 5.41) is 2.83. The van der Waals surface area contributed by atoms with Crippen molar-refractivity contribution in [2.45, 2.75) is 6.42 Å². The van der Waals surface area contributed by atoms with E-state index in [-0.39, 0.29) is 11.5 Å². The van der Waals surface area contributed by atoms with Crippen molar-refractivity contribution in [3.05, 3.63) is 35.7 Å². The fourth-order valence-electron chi connectivity index (χ4n) is 4.39. The van der Waals surface area contributed by atoms with Gasteiger partial charge in [-0.1, -0.05) is 0 Å². The summed E-state index contributed by atoms with van der Waals surface area (Å²) in [7, 11) is -0.843. The Kier molecular flexibility index (Phi) is 7.15. The van der Waals surface area contributed by atoms with Crippen LogP contribution in [0.5, 0.6) is 11.5 Å². The molecule has 198 valence electrons.